The molecule has 0 heterocycles. The normalized spacial score (nSPS) is 24.8. The molecule has 0 unspecified atom stereocenters. The first-order valence-corrected chi connectivity index (χ1v) is 15.3. The van der Waals surface area contributed by atoms with Crippen LogP contribution in [0.2, 0.25) is 0 Å². The van der Waals surface area contributed by atoms with Gasteiger partial charge in [0.25, 0.3) is 5.91 Å². The second-order valence-corrected chi connectivity index (χ2v) is 14.2. The highest BCUT2D eigenvalue weighted by molar-refractivity contribution is 6.23. The molecule has 1 saturated carbocycles. The summed E-state index contributed by atoms with van der Waals surface area (Å²) in [6.45, 7) is 10.3. The Bertz CT molecular complexity index is 1660. The number of phenols is 1. The molecule has 0 saturated heterocycles. The number of phenolic OH excluding ortho intramolecular Hbond substituents is 1. The molecule has 4 atom stereocenters. The van der Waals surface area contributed by atoms with E-state index in [9.17, 15) is 34.8 Å². The minimum atomic E-state index is -2.64. The molecule has 0 bridgehead atoms. The van der Waals surface area contributed by atoms with Crippen LogP contribution < -0.4 is 16.0 Å². The van der Waals surface area contributed by atoms with Gasteiger partial charge in [-0.15, -0.1) is 0 Å². The molecule has 10 nitrogen and oxygen atoms in total. The molecular formula is C35H43N3O7. The molecule has 0 radical (unpaired) electrons. The summed E-state index contributed by atoms with van der Waals surface area (Å²) in [5.74, 6) is -7.84. The number of Topliss-reactive ketones (excluding diaryl/α,β-unsaturated/α-hetero) is 2. The van der Waals surface area contributed by atoms with E-state index in [4.69, 9.17) is 5.73 Å². The standard InChI is InChI=1S/C35H43N3O7/c1-16(2)24-21-13-18-12-20-23(38(6)7)14-22(37-15-17-8-10-19(11-9-17)34(3,4)5)28(39)26(20)30(41)25(18)31(42)35(21,45)32(43)27(29(24)40)33(36)44/h8-11,14,16,18,21,24,37,39,41,43,45H,12-13,15H2,1-7H3,(H2,36,44)/t18-,21-,24-,35-/m0/s1. The SMILES string of the molecule is CC(C)[C@@H]1C(=O)C(C(N)=O)=C(O)[C@@]2(O)C(=O)C3=C(O)c4c(O)c(NCc5ccc(C(C)(C)C)cc5)cc(N(C)C)c4C[C@H]3C[C@@H]12. The number of primary amides is 1. The van der Waals surface area contributed by atoms with Gasteiger partial charge in [-0.3, -0.25) is 14.4 Å². The Labute approximate surface area is 263 Å². The summed E-state index contributed by atoms with van der Waals surface area (Å²) in [7, 11) is 3.68. The third kappa shape index (κ3) is 4.95. The number of fused-ring (bicyclic) bond motifs is 3. The van der Waals surface area contributed by atoms with Gasteiger partial charge >= 0.3 is 0 Å². The lowest BCUT2D eigenvalue weighted by Gasteiger charge is -2.50. The topological polar surface area (TPSA) is 173 Å². The van der Waals surface area contributed by atoms with Crippen LogP contribution in [-0.4, -0.2) is 57.6 Å². The van der Waals surface area contributed by atoms with Crippen molar-refractivity contribution in [3.63, 3.8) is 0 Å². The summed E-state index contributed by atoms with van der Waals surface area (Å²) < 4.78 is 0. The summed E-state index contributed by atoms with van der Waals surface area (Å²) in [5, 5.41) is 49.4. The summed E-state index contributed by atoms with van der Waals surface area (Å²) in [6.07, 6.45) is 0.304. The highest BCUT2D eigenvalue weighted by Crippen LogP contribution is 2.56. The molecule has 7 N–H and O–H groups in total. The molecule has 45 heavy (non-hydrogen) atoms. The van der Waals surface area contributed by atoms with Gasteiger partial charge in [0.15, 0.2) is 11.4 Å². The van der Waals surface area contributed by atoms with Crippen LogP contribution >= 0.6 is 0 Å². The van der Waals surface area contributed by atoms with Crippen LogP contribution in [-0.2, 0) is 32.8 Å². The number of hydrogen-bond acceptors (Lipinski definition) is 9. The number of aliphatic hydroxyl groups excluding tert-OH is 2. The third-order valence-corrected chi connectivity index (χ3v) is 9.73. The molecule has 1 amide bonds. The highest BCUT2D eigenvalue weighted by Gasteiger charge is 2.64. The number of rotatable bonds is 6. The van der Waals surface area contributed by atoms with Crippen molar-refractivity contribution in [2.45, 2.75) is 65.0 Å². The fourth-order valence-electron chi connectivity index (χ4n) is 7.39. The average Bonchev–Trinajstić information content (AvgIpc) is 2.93. The van der Waals surface area contributed by atoms with E-state index in [-0.39, 0.29) is 41.1 Å². The van der Waals surface area contributed by atoms with Crippen molar-refractivity contribution in [1.29, 1.82) is 0 Å². The van der Waals surface area contributed by atoms with Crippen molar-refractivity contribution in [2.24, 2.45) is 29.4 Å². The summed E-state index contributed by atoms with van der Waals surface area (Å²) >= 11 is 0. The van der Waals surface area contributed by atoms with Gasteiger partial charge in [-0.2, -0.15) is 0 Å². The van der Waals surface area contributed by atoms with Gasteiger partial charge in [0.05, 0.1) is 11.3 Å². The van der Waals surface area contributed by atoms with Gasteiger partial charge in [-0.05, 0) is 52.8 Å². The van der Waals surface area contributed by atoms with Crippen LogP contribution in [0, 0.1) is 23.7 Å². The minimum absolute atomic E-state index is 0.00674. The van der Waals surface area contributed by atoms with Crippen LogP contribution in [0.4, 0.5) is 11.4 Å². The number of carbonyl (C=O) groups excluding carboxylic acids is 3. The highest BCUT2D eigenvalue weighted by atomic mass is 16.3. The van der Waals surface area contributed by atoms with Crippen molar-refractivity contribution in [2.75, 3.05) is 24.3 Å². The maximum absolute atomic E-state index is 14.2. The third-order valence-electron chi connectivity index (χ3n) is 9.73. The van der Waals surface area contributed by atoms with Crippen LogP contribution in [0.5, 0.6) is 5.75 Å². The van der Waals surface area contributed by atoms with Gasteiger partial charge in [-0.1, -0.05) is 58.9 Å². The van der Waals surface area contributed by atoms with E-state index in [1.807, 2.05) is 31.1 Å². The Morgan fingerprint density at radius 1 is 1.11 bits per heavy atom. The number of aromatic hydroxyl groups is 1. The number of nitrogens with two attached hydrogens (primary N) is 1. The number of hydrogen-bond donors (Lipinski definition) is 6. The zero-order valence-corrected chi connectivity index (χ0v) is 26.9. The molecule has 0 spiro atoms. The van der Waals surface area contributed by atoms with Crippen LogP contribution in [0.15, 0.2) is 47.2 Å². The van der Waals surface area contributed by atoms with E-state index < -0.39 is 57.9 Å². The zero-order chi connectivity index (χ0) is 33.3. The molecule has 2 aromatic rings. The number of carbonyl (C=O) groups is 3. The van der Waals surface area contributed by atoms with Gasteiger partial charge < -0.3 is 36.4 Å². The fourth-order valence-corrected chi connectivity index (χ4v) is 7.39. The molecule has 3 aliphatic rings. The van der Waals surface area contributed by atoms with E-state index >= 15 is 0 Å². The summed E-state index contributed by atoms with van der Waals surface area (Å²) in [6, 6.07) is 9.95. The van der Waals surface area contributed by atoms with E-state index in [2.05, 4.69) is 38.2 Å². The lowest BCUT2D eigenvalue weighted by Crippen LogP contribution is -2.62. The van der Waals surface area contributed by atoms with Crippen LogP contribution in [0.1, 0.15) is 63.3 Å². The first kappa shape index (κ1) is 32.1. The minimum Gasteiger partial charge on any atom is -0.508 e. The lowest BCUT2D eigenvalue weighted by atomic mass is 9.54. The van der Waals surface area contributed by atoms with Crippen molar-refractivity contribution >= 4 is 34.6 Å². The van der Waals surface area contributed by atoms with Gasteiger partial charge in [0.1, 0.15) is 22.8 Å². The van der Waals surface area contributed by atoms with Gasteiger partial charge in [0, 0.05) is 43.7 Å². The maximum atomic E-state index is 14.2. The molecule has 240 valence electrons. The van der Waals surface area contributed by atoms with Crippen molar-refractivity contribution in [3.8, 4) is 5.75 Å². The largest absolute Gasteiger partial charge is 0.508 e. The number of amides is 1. The number of ketones is 2. The Morgan fingerprint density at radius 2 is 1.73 bits per heavy atom. The molecule has 0 aliphatic heterocycles. The first-order valence-electron chi connectivity index (χ1n) is 15.3. The van der Waals surface area contributed by atoms with E-state index in [0.717, 1.165) is 5.56 Å². The van der Waals surface area contributed by atoms with Crippen molar-refractivity contribution in [1.82, 2.24) is 0 Å². The maximum Gasteiger partial charge on any atom is 0.255 e. The van der Waals surface area contributed by atoms with Crippen LogP contribution in [0.3, 0.4) is 0 Å². The molecule has 1 fully saturated rings. The molecule has 0 aromatic heterocycles. The van der Waals surface area contributed by atoms with Crippen molar-refractivity contribution < 1.29 is 34.8 Å². The van der Waals surface area contributed by atoms with Gasteiger partial charge in [0.2, 0.25) is 5.78 Å². The first-order chi connectivity index (χ1) is 20.9. The van der Waals surface area contributed by atoms with E-state index in [1.165, 1.54) is 5.56 Å². The second kappa shape index (κ2) is 10.9. The predicted molar refractivity (Wildman–Crippen MR) is 172 cm³/mol. The molecule has 3 aliphatic carbocycles. The molecule has 10 heteroatoms. The predicted octanol–water partition coefficient (Wildman–Crippen LogP) is 4.28. The fraction of sp³-hybridized carbons (Fsp3) is 0.457. The van der Waals surface area contributed by atoms with E-state index in [0.29, 0.717) is 23.5 Å². The average molecular weight is 618 g/mol. The van der Waals surface area contributed by atoms with Crippen molar-refractivity contribution in [3.05, 3.63) is 69.5 Å². The Kier molecular flexibility index (Phi) is 7.80. The van der Waals surface area contributed by atoms with Gasteiger partial charge in [-0.25, -0.2) is 0 Å². The number of aliphatic hydroxyl groups is 3. The molecule has 2 aromatic carbocycles. The summed E-state index contributed by atoms with van der Waals surface area (Å²) in [4.78, 5) is 41.6. The lowest BCUT2D eigenvalue weighted by molar-refractivity contribution is -0.155. The molecular weight excluding hydrogens is 574 g/mol. The summed E-state index contributed by atoms with van der Waals surface area (Å²) in [5.41, 5.74) is 5.73. The molecule has 5 rings (SSSR count). The van der Waals surface area contributed by atoms with Crippen LogP contribution in [0.25, 0.3) is 5.76 Å². The smallest absolute Gasteiger partial charge is 0.255 e. The second-order valence-electron chi connectivity index (χ2n) is 14.2. The number of benzene rings is 2. The number of nitrogens with one attached hydrogen (secondary N) is 1. The monoisotopic (exact) mass is 617 g/mol. The zero-order valence-electron chi connectivity index (χ0n) is 26.9. The Morgan fingerprint density at radius 3 is 2.27 bits per heavy atom. The van der Waals surface area contributed by atoms with E-state index in [1.54, 1.807) is 19.9 Å². The Hall–Kier alpha value is -4.31. The quantitative estimate of drug-likeness (QED) is 0.204. The number of anilines is 2. The number of nitrogens with zero attached hydrogens (tertiary/aromatic N) is 1. The Balaban J connectivity index is 1.61.